The van der Waals surface area contributed by atoms with Gasteiger partial charge in [0.05, 0.1) is 22.7 Å². The van der Waals surface area contributed by atoms with Crippen molar-refractivity contribution in [3.63, 3.8) is 0 Å². The first-order valence-electron chi connectivity index (χ1n) is 10.0. The molecule has 3 heterocycles. The minimum Gasteiger partial charge on any atom is -0.486 e. The highest BCUT2D eigenvalue weighted by atomic mass is 32.2. The average Bonchev–Trinajstić information content (AvgIpc) is 3.08. The normalized spacial score (nSPS) is 16.1. The first-order chi connectivity index (χ1) is 15.5. The van der Waals surface area contributed by atoms with Gasteiger partial charge in [-0.15, -0.1) is 0 Å². The molecule has 0 radical (unpaired) electrons. The Hall–Kier alpha value is -3.85. The molecule has 0 spiro atoms. The lowest BCUT2D eigenvalue weighted by Gasteiger charge is -2.24. The summed E-state index contributed by atoms with van der Waals surface area (Å²) >= 11 is 0. The fourth-order valence-electron chi connectivity index (χ4n) is 4.09. The van der Waals surface area contributed by atoms with Crippen molar-refractivity contribution in [3.8, 4) is 11.5 Å². The van der Waals surface area contributed by atoms with E-state index in [0.29, 0.717) is 54.0 Å². The van der Waals surface area contributed by atoms with Crippen molar-refractivity contribution in [3.05, 3.63) is 77.4 Å². The number of benzene rings is 3. The molecule has 3 aromatic rings. The maximum atomic E-state index is 12.9. The molecule has 1 N–H and O–H groups in total. The van der Waals surface area contributed by atoms with Crippen LogP contribution in [0.5, 0.6) is 11.5 Å². The summed E-state index contributed by atoms with van der Waals surface area (Å²) in [6, 6.07) is 17.0. The van der Waals surface area contributed by atoms with Crippen molar-refractivity contribution in [1.29, 1.82) is 0 Å². The van der Waals surface area contributed by atoms with Crippen LogP contribution in [0.25, 0.3) is 0 Å². The van der Waals surface area contributed by atoms with Gasteiger partial charge in [-0.1, -0.05) is 18.2 Å². The number of ether oxygens (including phenoxy) is 2. The van der Waals surface area contributed by atoms with Crippen LogP contribution in [0.4, 0.5) is 11.4 Å². The molecule has 3 aromatic carbocycles. The molecule has 8 nitrogen and oxygen atoms in total. The molecule has 3 aliphatic heterocycles. The zero-order valence-corrected chi connectivity index (χ0v) is 17.6. The number of rotatable bonds is 3. The van der Waals surface area contributed by atoms with E-state index in [0.717, 1.165) is 11.1 Å². The molecule has 6 rings (SSSR count). The number of nitrogens with zero attached hydrogens (tertiary/aromatic N) is 2. The number of amidine groups is 1. The van der Waals surface area contributed by atoms with Gasteiger partial charge in [0.2, 0.25) is 0 Å². The predicted octanol–water partition coefficient (Wildman–Crippen LogP) is 3.31. The van der Waals surface area contributed by atoms with Gasteiger partial charge in [-0.05, 0) is 42.0 Å². The SMILES string of the molecule is O=C1c2ccccc2C2=Nc3ccc(NS(=O)(=O)c4ccc5c(c4)OCCO5)cc3CN12. The van der Waals surface area contributed by atoms with E-state index in [1.165, 1.54) is 12.1 Å². The highest BCUT2D eigenvalue weighted by Gasteiger charge is 2.36. The molecule has 0 aliphatic carbocycles. The zero-order valence-electron chi connectivity index (χ0n) is 16.7. The Morgan fingerprint density at radius 2 is 1.69 bits per heavy atom. The summed E-state index contributed by atoms with van der Waals surface area (Å²) in [6.07, 6.45) is 0. The Morgan fingerprint density at radius 1 is 0.906 bits per heavy atom. The average molecular weight is 447 g/mol. The van der Waals surface area contributed by atoms with E-state index < -0.39 is 10.0 Å². The van der Waals surface area contributed by atoms with Gasteiger partial charge >= 0.3 is 0 Å². The van der Waals surface area contributed by atoms with E-state index in [1.54, 1.807) is 35.2 Å². The third-order valence-electron chi connectivity index (χ3n) is 5.61. The van der Waals surface area contributed by atoms with Gasteiger partial charge in [-0.25, -0.2) is 13.4 Å². The van der Waals surface area contributed by atoms with Crippen LogP contribution in [-0.4, -0.2) is 38.3 Å². The highest BCUT2D eigenvalue weighted by Crippen LogP contribution is 2.36. The Labute approximate surface area is 184 Å². The van der Waals surface area contributed by atoms with Crippen LogP contribution in [-0.2, 0) is 16.6 Å². The summed E-state index contributed by atoms with van der Waals surface area (Å²) in [5.74, 6) is 1.45. The van der Waals surface area contributed by atoms with Gasteiger partial charge in [0.1, 0.15) is 19.0 Å². The number of fused-ring (bicyclic) bond motifs is 5. The molecular formula is C23H17N3O5S. The van der Waals surface area contributed by atoms with Crippen LogP contribution in [0.1, 0.15) is 21.5 Å². The Balaban J connectivity index is 1.31. The van der Waals surface area contributed by atoms with Crippen LogP contribution in [0.3, 0.4) is 0 Å². The molecule has 3 aliphatic rings. The van der Waals surface area contributed by atoms with Crippen molar-refractivity contribution < 1.29 is 22.7 Å². The number of amides is 1. The molecule has 0 bridgehead atoms. The lowest BCUT2D eigenvalue weighted by Crippen LogP contribution is -2.31. The quantitative estimate of drug-likeness (QED) is 0.665. The first kappa shape index (κ1) is 18.9. The molecular weight excluding hydrogens is 430 g/mol. The van der Waals surface area contributed by atoms with Gasteiger partial charge in [-0.2, -0.15) is 0 Å². The standard InChI is InChI=1S/C23H17N3O5S/c27-23-18-4-2-1-3-17(18)22-24-19-7-5-15(11-14(19)13-26(22)23)25-32(28,29)16-6-8-20-21(12-16)31-10-9-30-20/h1-8,11-12,25H,9-10,13H2. The van der Waals surface area contributed by atoms with E-state index in [9.17, 15) is 13.2 Å². The van der Waals surface area contributed by atoms with E-state index in [2.05, 4.69) is 9.71 Å². The van der Waals surface area contributed by atoms with E-state index >= 15 is 0 Å². The summed E-state index contributed by atoms with van der Waals surface area (Å²) in [7, 11) is -3.85. The van der Waals surface area contributed by atoms with Crippen molar-refractivity contribution in [1.82, 2.24) is 4.90 Å². The van der Waals surface area contributed by atoms with Crippen LogP contribution >= 0.6 is 0 Å². The maximum absolute atomic E-state index is 12.9. The number of carbonyl (C=O) groups is 1. The third-order valence-corrected chi connectivity index (χ3v) is 6.99. The summed E-state index contributed by atoms with van der Waals surface area (Å²) in [6.45, 7) is 1.12. The van der Waals surface area contributed by atoms with Crippen LogP contribution in [0.2, 0.25) is 0 Å². The number of anilines is 1. The van der Waals surface area contributed by atoms with Gasteiger partial charge in [0.15, 0.2) is 11.5 Å². The van der Waals surface area contributed by atoms with Crippen molar-refractivity contribution in [2.75, 3.05) is 17.9 Å². The molecule has 0 saturated carbocycles. The number of carbonyl (C=O) groups excluding carboxylic acids is 1. The highest BCUT2D eigenvalue weighted by molar-refractivity contribution is 7.92. The third kappa shape index (κ3) is 2.93. The van der Waals surface area contributed by atoms with Crippen molar-refractivity contribution in [2.24, 2.45) is 4.99 Å². The second-order valence-corrected chi connectivity index (χ2v) is 9.31. The Bertz CT molecular complexity index is 1430. The topological polar surface area (TPSA) is 97.3 Å². The lowest BCUT2D eigenvalue weighted by atomic mass is 10.1. The molecule has 0 unspecified atom stereocenters. The number of sulfonamides is 1. The number of hydrogen-bond acceptors (Lipinski definition) is 6. The largest absolute Gasteiger partial charge is 0.486 e. The minimum atomic E-state index is -3.85. The smallest absolute Gasteiger partial charge is 0.262 e. The molecule has 160 valence electrons. The van der Waals surface area contributed by atoms with Crippen LogP contribution in [0.15, 0.2) is 70.6 Å². The van der Waals surface area contributed by atoms with E-state index in [4.69, 9.17) is 9.47 Å². The van der Waals surface area contributed by atoms with Gasteiger partial charge < -0.3 is 9.47 Å². The second kappa shape index (κ2) is 6.83. The van der Waals surface area contributed by atoms with Gasteiger partial charge in [0, 0.05) is 17.3 Å². The maximum Gasteiger partial charge on any atom is 0.262 e. The van der Waals surface area contributed by atoms with Crippen LogP contribution < -0.4 is 14.2 Å². The predicted molar refractivity (Wildman–Crippen MR) is 117 cm³/mol. The summed E-state index contributed by atoms with van der Waals surface area (Å²) < 4.78 is 39.4. The van der Waals surface area contributed by atoms with Crippen molar-refractivity contribution >= 4 is 33.1 Å². The number of nitrogens with one attached hydrogen (secondary N) is 1. The lowest BCUT2D eigenvalue weighted by molar-refractivity contribution is 0.0851. The molecule has 9 heteroatoms. The van der Waals surface area contributed by atoms with E-state index in [-0.39, 0.29) is 10.8 Å². The molecule has 0 aromatic heterocycles. The molecule has 0 atom stereocenters. The minimum absolute atomic E-state index is 0.0740. The summed E-state index contributed by atoms with van der Waals surface area (Å²) in [5.41, 5.74) is 3.30. The second-order valence-electron chi connectivity index (χ2n) is 7.63. The summed E-state index contributed by atoms with van der Waals surface area (Å²) in [4.78, 5) is 19.1. The fraction of sp³-hybridized carbons (Fsp3) is 0.130. The molecule has 0 fully saturated rings. The molecule has 32 heavy (non-hydrogen) atoms. The van der Waals surface area contributed by atoms with Gasteiger partial charge in [-0.3, -0.25) is 14.4 Å². The van der Waals surface area contributed by atoms with Gasteiger partial charge in [0.25, 0.3) is 15.9 Å². The zero-order chi connectivity index (χ0) is 21.9. The Kier molecular flexibility index (Phi) is 4.03. The Morgan fingerprint density at radius 3 is 2.53 bits per heavy atom. The fourth-order valence-corrected chi connectivity index (χ4v) is 5.16. The van der Waals surface area contributed by atoms with Crippen molar-refractivity contribution in [2.45, 2.75) is 11.4 Å². The number of aliphatic imine (C=N–C) groups is 1. The summed E-state index contributed by atoms with van der Waals surface area (Å²) in [5, 5.41) is 0. The van der Waals surface area contributed by atoms with E-state index in [1.807, 2.05) is 18.2 Å². The molecule has 0 saturated heterocycles. The monoisotopic (exact) mass is 447 g/mol. The number of hydrogen-bond donors (Lipinski definition) is 1. The first-order valence-corrected chi connectivity index (χ1v) is 11.5. The molecule has 1 amide bonds. The van der Waals surface area contributed by atoms with Crippen LogP contribution in [0, 0.1) is 0 Å².